The van der Waals surface area contributed by atoms with Gasteiger partial charge in [0.05, 0.1) is 5.60 Å². The number of hydrogen-bond acceptors (Lipinski definition) is 3. The fourth-order valence-electron chi connectivity index (χ4n) is 3.47. The van der Waals surface area contributed by atoms with E-state index in [-0.39, 0.29) is 5.60 Å². The molecule has 0 saturated heterocycles. The Labute approximate surface area is 127 Å². The van der Waals surface area contributed by atoms with Crippen LogP contribution in [0.25, 0.3) is 0 Å². The molecule has 0 bridgehead atoms. The summed E-state index contributed by atoms with van der Waals surface area (Å²) in [7, 11) is 0. The van der Waals surface area contributed by atoms with Gasteiger partial charge >= 0.3 is 0 Å². The Bertz CT molecular complexity index is 357. The summed E-state index contributed by atoms with van der Waals surface area (Å²) in [6, 6.07) is 2.76. The van der Waals surface area contributed by atoms with Gasteiger partial charge in [0.1, 0.15) is 0 Å². The van der Waals surface area contributed by atoms with Crippen molar-refractivity contribution in [1.82, 2.24) is 5.32 Å². The van der Waals surface area contributed by atoms with Gasteiger partial charge in [0.2, 0.25) is 0 Å². The smallest absolute Gasteiger partial charge is 0.0834 e. The maximum absolute atomic E-state index is 6.26. The first-order chi connectivity index (χ1) is 9.80. The quantitative estimate of drug-likeness (QED) is 0.729. The second-order valence-corrected chi connectivity index (χ2v) is 6.66. The lowest BCUT2D eigenvalue weighted by molar-refractivity contribution is -0.0630. The van der Waals surface area contributed by atoms with Crippen molar-refractivity contribution in [1.29, 1.82) is 0 Å². The highest BCUT2D eigenvalue weighted by Gasteiger charge is 2.41. The predicted molar refractivity (Wildman–Crippen MR) is 87.5 cm³/mol. The van der Waals surface area contributed by atoms with E-state index < -0.39 is 0 Å². The normalized spacial score (nSPS) is 19.3. The summed E-state index contributed by atoms with van der Waals surface area (Å²) in [4.78, 5) is 0. The summed E-state index contributed by atoms with van der Waals surface area (Å²) >= 11 is 1.80. The molecule has 0 spiro atoms. The molecule has 1 aromatic heterocycles. The van der Waals surface area contributed by atoms with Gasteiger partial charge in [-0.1, -0.05) is 19.8 Å². The second-order valence-electron chi connectivity index (χ2n) is 5.88. The Balaban J connectivity index is 2.00. The number of aryl methyl sites for hydroxylation is 1. The van der Waals surface area contributed by atoms with Crippen molar-refractivity contribution in [2.75, 3.05) is 13.2 Å². The average Bonchev–Trinajstić information content (AvgIpc) is 3.11. The van der Waals surface area contributed by atoms with Crippen LogP contribution >= 0.6 is 11.3 Å². The number of rotatable bonds is 9. The highest BCUT2D eigenvalue weighted by Crippen LogP contribution is 2.37. The number of ether oxygens (including phenoxy) is 1. The van der Waals surface area contributed by atoms with E-state index in [1.54, 1.807) is 11.3 Å². The Morgan fingerprint density at radius 2 is 2.15 bits per heavy atom. The number of hydrogen-bond donors (Lipinski definition) is 1. The monoisotopic (exact) mass is 295 g/mol. The highest BCUT2D eigenvalue weighted by atomic mass is 32.1. The molecule has 1 N–H and O–H groups in total. The van der Waals surface area contributed by atoms with E-state index in [4.69, 9.17) is 4.74 Å². The van der Waals surface area contributed by atoms with Crippen LogP contribution in [-0.2, 0) is 11.2 Å². The molecule has 1 atom stereocenters. The van der Waals surface area contributed by atoms with Crippen molar-refractivity contribution in [2.24, 2.45) is 0 Å². The van der Waals surface area contributed by atoms with E-state index in [0.717, 1.165) is 13.2 Å². The summed E-state index contributed by atoms with van der Waals surface area (Å²) in [5.41, 5.74) is 1.57. The van der Waals surface area contributed by atoms with Crippen molar-refractivity contribution in [3.63, 3.8) is 0 Å². The van der Waals surface area contributed by atoms with E-state index in [0.29, 0.717) is 6.04 Å². The lowest BCUT2D eigenvalue weighted by atomic mass is 9.87. The zero-order chi connectivity index (χ0) is 14.3. The van der Waals surface area contributed by atoms with Gasteiger partial charge in [-0.25, -0.2) is 0 Å². The Kier molecular flexibility index (Phi) is 6.53. The van der Waals surface area contributed by atoms with Gasteiger partial charge in [-0.15, -0.1) is 0 Å². The van der Waals surface area contributed by atoms with Crippen LogP contribution in [0.3, 0.4) is 0 Å². The third kappa shape index (κ3) is 4.06. The molecule has 20 heavy (non-hydrogen) atoms. The lowest BCUT2D eigenvalue weighted by Gasteiger charge is -2.38. The first-order valence-corrected chi connectivity index (χ1v) is 9.13. The molecule has 0 aromatic carbocycles. The maximum Gasteiger partial charge on any atom is 0.0834 e. The summed E-state index contributed by atoms with van der Waals surface area (Å²) in [5, 5.41) is 8.23. The van der Waals surface area contributed by atoms with Crippen LogP contribution < -0.4 is 5.32 Å². The molecule has 1 unspecified atom stereocenters. The van der Waals surface area contributed by atoms with E-state index >= 15 is 0 Å². The van der Waals surface area contributed by atoms with E-state index in [1.165, 1.54) is 50.5 Å². The molecule has 2 rings (SSSR count). The molecule has 2 nitrogen and oxygen atoms in total. The Morgan fingerprint density at radius 3 is 2.75 bits per heavy atom. The minimum atomic E-state index is 0.0972. The van der Waals surface area contributed by atoms with Crippen molar-refractivity contribution in [2.45, 2.75) is 70.4 Å². The molecular weight excluding hydrogens is 266 g/mol. The van der Waals surface area contributed by atoms with Crippen molar-refractivity contribution >= 4 is 11.3 Å². The van der Waals surface area contributed by atoms with Crippen LogP contribution in [0.2, 0.25) is 0 Å². The zero-order valence-corrected chi connectivity index (χ0v) is 13.8. The van der Waals surface area contributed by atoms with Gasteiger partial charge in [-0.3, -0.25) is 0 Å². The van der Waals surface area contributed by atoms with Crippen LogP contribution in [0.1, 0.15) is 57.9 Å². The maximum atomic E-state index is 6.26. The van der Waals surface area contributed by atoms with Crippen molar-refractivity contribution < 1.29 is 4.74 Å². The largest absolute Gasteiger partial charge is 0.374 e. The van der Waals surface area contributed by atoms with Crippen molar-refractivity contribution in [3.05, 3.63) is 22.4 Å². The fourth-order valence-corrected chi connectivity index (χ4v) is 4.17. The number of nitrogens with one attached hydrogen (secondary N) is 1. The predicted octanol–water partition coefficient (Wildman–Crippen LogP) is 4.40. The lowest BCUT2D eigenvalue weighted by Crippen LogP contribution is -2.51. The molecule has 1 aromatic rings. The average molecular weight is 295 g/mol. The molecule has 1 heterocycles. The van der Waals surface area contributed by atoms with Gasteiger partial charge in [0.25, 0.3) is 0 Å². The third-order valence-electron chi connectivity index (χ3n) is 4.46. The Hall–Kier alpha value is -0.380. The Morgan fingerprint density at radius 1 is 1.35 bits per heavy atom. The summed E-state index contributed by atoms with van der Waals surface area (Å²) in [6.07, 6.45) is 8.65. The van der Waals surface area contributed by atoms with Gasteiger partial charge < -0.3 is 10.1 Å². The van der Waals surface area contributed by atoms with E-state index in [1.807, 2.05) is 0 Å². The topological polar surface area (TPSA) is 21.3 Å². The van der Waals surface area contributed by atoms with E-state index in [2.05, 4.69) is 36.0 Å². The summed E-state index contributed by atoms with van der Waals surface area (Å²) in [6.45, 7) is 6.31. The molecule has 1 saturated carbocycles. The molecule has 0 amide bonds. The molecule has 0 aliphatic heterocycles. The molecule has 1 aliphatic rings. The summed E-state index contributed by atoms with van der Waals surface area (Å²) in [5.74, 6) is 0. The SMILES string of the molecule is CCCNC(CCc1ccsc1)C1(OCC)CCCC1. The van der Waals surface area contributed by atoms with Crippen LogP contribution in [0.5, 0.6) is 0 Å². The standard InChI is InChI=1S/C17H29NOS/c1-3-12-18-16(8-7-15-9-13-20-14-15)17(19-4-2)10-5-6-11-17/h9,13-14,16,18H,3-8,10-12H2,1-2H3. The highest BCUT2D eigenvalue weighted by molar-refractivity contribution is 7.07. The van der Waals surface area contributed by atoms with Crippen LogP contribution in [0.4, 0.5) is 0 Å². The first-order valence-electron chi connectivity index (χ1n) is 8.19. The molecule has 114 valence electrons. The van der Waals surface area contributed by atoms with Gasteiger partial charge in [-0.05, 0) is 68.0 Å². The first kappa shape index (κ1) is 16.0. The van der Waals surface area contributed by atoms with Crippen LogP contribution in [0.15, 0.2) is 16.8 Å². The molecule has 1 fully saturated rings. The molecule has 1 aliphatic carbocycles. The van der Waals surface area contributed by atoms with E-state index in [9.17, 15) is 0 Å². The molecular formula is C17H29NOS. The number of thiophene rings is 1. The minimum Gasteiger partial charge on any atom is -0.374 e. The van der Waals surface area contributed by atoms with Crippen molar-refractivity contribution in [3.8, 4) is 0 Å². The fraction of sp³-hybridized carbons (Fsp3) is 0.765. The second kappa shape index (κ2) is 8.16. The third-order valence-corrected chi connectivity index (χ3v) is 5.19. The summed E-state index contributed by atoms with van der Waals surface area (Å²) < 4.78 is 6.26. The van der Waals surface area contributed by atoms with Crippen LogP contribution in [0, 0.1) is 0 Å². The van der Waals surface area contributed by atoms with Gasteiger partial charge in [0.15, 0.2) is 0 Å². The molecule has 3 heteroatoms. The van der Waals surface area contributed by atoms with Gasteiger partial charge in [0, 0.05) is 12.6 Å². The van der Waals surface area contributed by atoms with Gasteiger partial charge in [-0.2, -0.15) is 11.3 Å². The zero-order valence-electron chi connectivity index (χ0n) is 13.0. The minimum absolute atomic E-state index is 0.0972. The van der Waals surface area contributed by atoms with Crippen LogP contribution in [-0.4, -0.2) is 24.8 Å². The molecule has 0 radical (unpaired) electrons.